The van der Waals surface area contributed by atoms with Gasteiger partial charge in [0.05, 0.1) is 10.7 Å². The van der Waals surface area contributed by atoms with E-state index < -0.39 is 0 Å². The molecule has 0 spiro atoms. The second-order valence-electron chi connectivity index (χ2n) is 4.61. The summed E-state index contributed by atoms with van der Waals surface area (Å²) in [5.74, 6) is 0.334. The van der Waals surface area contributed by atoms with Crippen LogP contribution in [-0.4, -0.2) is 18.7 Å². The molecule has 0 fully saturated rings. The first-order valence-electron chi connectivity index (χ1n) is 6.83. The van der Waals surface area contributed by atoms with Gasteiger partial charge in [0.1, 0.15) is 12.4 Å². The van der Waals surface area contributed by atoms with Gasteiger partial charge < -0.3 is 4.74 Å². The molecule has 0 aliphatic rings. The van der Waals surface area contributed by atoms with Gasteiger partial charge in [-0.25, -0.2) is 5.43 Å². The number of hydrogen-bond acceptors (Lipinski definition) is 3. The van der Waals surface area contributed by atoms with Crippen molar-refractivity contribution in [1.29, 1.82) is 0 Å². The van der Waals surface area contributed by atoms with Crippen molar-refractivity contribution in [2.24, 2.45) is 5.10 Å². The number of nitrogens with zero attached hydrogens (tertiary/aromatic N) is 1. The number of ether oxygens (including phenoxy) is 1. The Balaban J connectivity index is 2.14. The second-order valence-corrected chi connectivity index (χ2v) is 7.30. The van der Waals surface area contributed by atoms with Crippen molar-refractivity contribution >= 4 is 59.9 Å². The number of rotatable bonds is 6. The lowest BCUT2D eigenvalue weighted by molar-refractivity contribution is 0.0955. The van der Waals surface area contributed by atoms with Gasteiger partial charge in [-0.05, 0) is 52.3 Å². The van der Waals surface area contributed by atoms with Crippen molar-refractivity contribution in [3.63, 3.8) is 0 Å². The van der Waals surface area contributed by atoms with Crippen LogP contribution in [-0.2, 0) is 0 Å². The number of halogens is 3. The van der Waals surface area contributed by atoms with E-state index >= 15 is 0 Å². The Morgan fingerprint density at radius 3 is 2.54 bits per heavy atom. The lowest BCUT2D eigenvalue weighted by Gasteiger charge is -2.10. The fraction of sp³-hybridized carbons (Fsp3) is 0.0588. The summed E-state index contributed by atoms with van der Waals surface area (Å²) in [7, 11) is 0. The van der Waals surface area contributed by atoms with Gasteiger partial charge >= 0.3 is 0 Å². The first-order chi connectivity index (χ1) is 11.5. The summed E-state index contributed by atoms with van der Waals surface area (Å²) in [6.07, 6.45) is 3.19. The molecule has 0 bridgehead atoms. The first-order valence-corrected chi connectivity index (χ1v) is 9.21. The van der Waals surface area contributed by atoms with Gasteiger partial charge in [0.25, 0.3) is 5.91 Å². The molecule has 2 aromatic rings. The average Bonchev–Trinajstić information content (AvgIpc) is 2.54. The fourth-order valence-corrected chi connectivity index (χ4v) is 3.43. The molecule has 0 unspecified atom stereocenters. The predicted molar refractivity (Wildman–Crippen MR) is 107 cm³/mol. The molecular formula is C17H13Br3N2O2. The number of nitrogens with one attached hydrogen (secondary N) is 1. The van der Waals surface area contributed by atoms with E-state index in [2.05, 4.69) is 64.9 Å². The van der Waals surface area contributed by atoms with Gasteiger partial charge in [-0.15, -0.1) is 0 Å². The number of carbonyl (C=O) groups excluding carboxylic acids is 1. The number of benzene rings is 2. The topological polar surface area (TPSA) is 50.7 Å². The molecule has 124 valence electrons. The first kappa shape index (κ1) is 18.9. The van der Waals surface area contributed by atoms with E-state index in [0.717, 1.165) is 13.4 Å². The normalized spacial score (nSPS) is 10.6. The molecule has 24 heavy (non-hydrogen) atoms. The van der Waals surface area contributed by atoms with Crippen LogP contribution >= 0.6 is 47.8 Å². The van der Waals surface area contributed by atoms with Gasteiger partial charge in [-0.1, -0.05) is 44.5 Å². The van der Waals surface area contributed by atoms with Gasteiger partial charge in [0.2, 0.25) is 0 Å². The monoisotopic (exact) mass is 514 g/mol. The van der Waals surface area contributed by atoms with E-state index in [1.54, 1.807) is 30.3 Å². The molecule has 1 amide bonds. The number of hydrazone groups is 1. The van der Waals surface area contributed by atoms with E-state index in [4.69, 9.17) is 4.74 Å². The number of amides is 1. The third-order valence-corrected chi connectivity index (χ3v) is 4.43. The molecule has 1 N–H and O–H groups in total. The van der Waals surface area contributed by atoms with Gasteiger partial charge in [0.15, 0.2) is 0 Å². The minimum absolute atomic E-state index is 0.290. The van der Waals surface area contributed by atoms with E-state index in [0.29, 0.717) is 23.5 Å². The van der Waals surface area contributed by atoms with Crippen molar-refractivity contribution in [2.75, 3.05) is 6.61 Å². The zero-order valence-corrected chi connectivity index (χ0v) is 17.2. The Labute approximate surface area is 165 Å². The smallest absolute Gasteiger partial charge is 0.271 e. The Morgan fingerprint density at radius 1 is 1.17 bits per heavy atom. The van der Waals surface area contributed by atoms with Crippen molar-refractivity contribution in [3.05, 3.63) is 73.6 Å². The van der Waals surface area contributed by atoms with Crippen molar-refractivity contribution < 1.29 is 9.53 Å². The molecule has 0 aliphatic carbocycles. The maximum atomic E-state index is 12.0. The third-order valence-electron chi connectivity index (χ3n) is 2.86. The molecule has 0 aromatic heterocycles. The molecule has 0 atom stereocenters. The van der Waals surface area contributed by atoms with Crippen LogP contribution in [0.15, 0.2) is 67.6 Å². The van der Waals surface area contributed by atoms with Crippen LogP contribution in [0.4, 0.5) is 0 Å². The maximum absolute atomic E-state index is 12.0. The number of hydrogen-bond donors (Lipinski definition) is 1. The van der Waals surface area contributed by atoms with Gasteiger partial charge in [-0.3, -0.25) is 4.79 Å². The Kier molecular flexibility index (Phi) is 7.20. The fourth-order valence-electron chi connectivity index (χ4n) is 1.80. The minimum atomic E-state index is -0.290. The van der Waals surface area contributed by atoms with Gasteiger partial charge in [0, 0.05) is 20.1 Å². The highest BCUT2D eigenvalue weighted by molar-refractivity contribution is 9.11. The van der Waals surface area contributed by atoms with E-state index in [-0.39, 0.29) is 5.91 Å². The molecule has 0 radical (unpaired) electrons. The highest BCUT2D eigenvalue weighted by Gasteiger charge is 2.09. The molecule has 2 rings (SSSR count). The third kappa shape index (κ3) is 5.29. The van der Waals surface area contributed by atoms with Crippen LogP contribution in [0.3, 0.4) is 0 Å². The lowest BCUT2D eigenvalue weighted by Crippen LogP contribution is -2.17. The van der Waals surface area contributed by atoms with Crippen molar-refractivity contribution in [3.8, 4) is 5.75 Å². The van der Waals surface area contributed by atoms with Crippen LogP contribution in [0.5, 0.6) is 5.75 Å². The highest BCUT2D eigenvalue weighted by Crippen LogP contribution is 2.32. The summed E-state index contributed by atoms with van der Waals surface area (Å²) < 4.78 is 8.18. The maximum Gasteiger partial charge on any atom is 0.271 e. The molecule has 0 aliphatic heterocycles. The summed E-state index contributed by atoms with van der Waals surface area (Å²) in [5, 5.41) is 4.01. The molecule has 0 saturated carbocycles. The molecule has 0 heterocycles. The van der Waals surface area contributed by atoms with E-state index in [1.165, 1.54) is 6.21 Å². The van der Waals surface area contributed by atoms with E-state index in [1.807, 2.05) is 12.1 Å². The Bertz CT molecular complexity index is 774. The predicted octanol–water partition coefficient (Wildman–Crippen LogP) is 5.30. The van der Waals surface area contributed by atoms with Crippen LogP contribution in [0.2, 0.25) is 0 Å². The van der Waals surface area contributed by atoms with Crippen LogP contribution in [0.1, 0.15) is 15.9 Å². The van der Waals surface area contributed by atoms with Crippen LogP contribution in [0, 0.1) is 0 Å². The summed E-state index contributed by atoms with van der Waals surface area (Å²) in [6, 6.07) is 10.7. The average molecular weight is 517 g/mol. The van der Waals surface area contributed by atoms with Gasteiger partial charge in [-0.2, -0.15) is 5.10 Å². The highest BCUT2D eigenvalue weighted by atomic mass is 79.9. The standard InChI is InChI=1S/C17H13Br3N2O2/c1-2-7-24-16-12(8-14(19)9-15(16)20)10-21-22-17(23)11-3-5-13(18)6-4-11/h2-6,8-10H,1,7H2,(H,22,23)/b21-10+. The lowest BCUT2D eigenvalue weighted by atomic mass is 10.2. The summed E-state index contributed by atoms with van der Waals surface area (Å²) in [6.45, 7) is 4.00. The zero-order chi connectivity index (χ0) is 17.5. The molecule has 7 heteroatoms. The Morgan fingerprint density at radius 2 is 1.88 bits per heavy atom. The summed E-state index contributed by atoms with van der Waals surface area (Å²) >= 11 is 10.2. The van der Waals surface area contributed by atoms with Crippen molar-refractivity contribution in [2.45, 2.75) is 0 Å². The molecule has 0 saturated heterocycles. The summed E-state index contributed by atoms with van der Waals surface area (Å²) in [5.41, 5.74) is 3.74. The van der Waals surface area contributed by atoms with Crippen LogP contribution in [0.25, 0.3) is 0 Å². The summed E-state index contributed by atoms with van der Waals surface area (Å²) in [4.78, 5) is 12.0. The number of carbonyl (C=O) groups is 1. The second kappa shape index (κ2) is 9.15. The largest absolute Gasteiger partial charge is 0.488 e. The minimum Gasteiger partial charge on any atom is -0.488 e. The SMILES string of the molecule is C=CCOc1c(Br)cc(Br)cc1/C=N/NC(=O)c1ccc(Br)cc1. The van der Waals surface area contributed by atoms with Crippen LogP contribution < -0.4 is 10.2 Å². The Hall–Kier alpha value is -1.44. The quantitative estimate of drug-likeness (QED) is 0.322. The molecular weight excluding hydrogens is 504 g/mol. The molecule has 2 aromatic carbocycles. The van der Waals surface area contributed by atoms with E-state index in [9.17, 15) is 4.79 Å². The molecule has 4 nitrogen and oxygen atoms in total. The zero-order valence-electron chi connectivity index (χ0n) is 12.4. The van der Waals surface area contributed by atoms with Crippen molar-refractivity contribution in [1.82, 2.24) is 5.43 Å².